The van der Waals surface area contributed by atoms with E-state index in [1.807, 2.05) is 48.5 Å². The molecule has 0 aromatic heterocycles. The molecular formula is C24H20N2O6. The van der Waals surface area contributed by atoms with Gasteiger partial charge in [0.15, 0.2) is 0 Å². The number of amides is 3. The van der Waals surface area contributed by atoms with Crippen molar-refractivity contribution in [2.45, 2.75) is 12.5 Å². The molecule has 1 aliphatic rings. The second kappa shape index (κ2) is 8.91. The molecule has 0 saturated heterocycles. The Morgan fingerprint density at radius 2 is 1.50 bits per heavy atom. The largest absolute Gasteiger partial charge is 0.507 e. The van der Waals surface area contributed by atoms with Crippen LogP contribution in [-0.2, 0) is 4.79 Å². The zero-order valence-corrected chi connectivity index (χ0v) is 16.9. The van der Waals surface area contributed by atoms with Gasteiger partial charge in [0.2, 0.25) is 0 Å². The molecule has 0 radical (unpaired) electrons. The molecule has 0 bridgehead atoms. The van der Waals surface area contributed by atoms with Gasteiger partial charge < -0.3 is 20.3 Å². The normalized spacial score (nSPS) is 11.9. The third-order valence-corrected chi connectivity index (χ3v) is 5.11. The fourth-order valence-electron chi connectivity index (χ4n) is 3.74. The van der Waals surface area contributed by atoms with Gasteiger partial charge >= 0.3 is 12.0 Å². The molecular weight excluding hydrogens is 412 g/mol. The molecule has 0 heterocycles. The number of aliphatic hydroxyl groups excluding tert-OH is 1. The molecule has 4 N–H and O–H groups in total. The number of hydrogen-bond donors (Lipinski definition) is 4. The third kappa shape index (κ3) is 4.03. The van der Waals surface area contributed by atoms with Gasteiger partial charge in [0.05, 0.1) is 19.1 Å². The van der Waals surface area contributed by atoms with Crippen molar-refractivity contribution < 1.29 is 29.3 Å². The number of hydrogen-bond acceptors (Lipinski definition) is 6. The number of ether oxygens (including phenoxy) is 1. The average molecular weight is 432 g/mol. The van der Waals surface area contributed by atoms with Crippen molar-refractivity contribution in [3.63, 3.8) is 0 Å². The van der Waals surface area contributed by atoms with Crippen LogP contribution < -0.4 is 15.4 Å². The number of carbonyl (C=O) groups excluding carboxylic acids is 3. The van der Waals surface area contributed by atoms with Crippen molar-refractivity contribution in [3.05, 3.63) is 83.4 Å². The topological polar surface area (TPSA) is 125 Å². The summed E-state index contributed by atoms with van der Waals surface area (Å²) in [5.41, 5.74) is 3.44. The van der Waals surface area contributed by atoms with Crippen LogP contribution in [0.5, 0.6) is 11.5 Å². The summed E-state index contributed by atoms with van der Waals surface area (Å²) in [6.45, 7) is -0.425. The van der Waals surface area contributed by atoms with Crippen LogP contribution in [0, 0.1) is 0 Å². The van der Waals surface area contributed by atoms with Crippen molar-refractivity contribution in [2.24, 2.45) is 0 Å². The van der Waals surface area contributed by atoms with Crippen LogP contribution in [0.2, 0.25) is 0 Å². The maximum atomic E-state index is 12.7. The van der Waals surface area contributed by atoms with Crippen LogP contribution in [0.25, 0.3) is 11.1 Å². The first kappa shape index (κ1) is 21.1. The first-order chi connectivity index (χ1) is 15.5. The van der Waals surface area contributed by atoms with Crippen LogP contribution in [0.4, 0.5) is 4.79 Å². The fourth-order valence-corrected chi connectivity index (χ4v) is 3.74. The molecule has 0 saturated carbocycles. The lowest BCUT2D eigenvalue weighted by atomic mass is 10.1. The quantitative estimate of drug-likeness (QED) is 0.363. The Balaban J connectivity index is 1.54. The molecule has 0 fully saturated rings. The van der Waals surface area contributed by atoms with Gasteiger partial charge in [-0.1, -0.05) is 54.6 Å². The standard InChI is InChI=1S/C24H20N2O6/c27-13-12-20(29)32-19-11-5-10-18(28)21(19)23(30)26-24(31)25-22-16-8-3-1-6-14(16)15-7-2-4-9-17(15)22/h1-11,22,27-28H,12-13H2,(H2,25,26,30,31). The van der Waals surface area contributed by atoms with E-state index in [9.17, 15) is 19.5 Å². The number of fused-ring (bicyclic) bond motifs is 3. The van der Waals surface area contributed by atoms with Gasteiger partial charge in [-0.3, -0.25) is 14.9 Å². The summed E-state index contributed by atoms with van der Waals surface area (Å²) in [4.78, 5) is 37.1. The molecule has 3 amide bonds. The number of aromatic hydroxyl groups is 1. The van der Waals surface area contributed by atoms with Crippen molar-refractivity contribution >= 4 is 17.9 Å². The van der Waals surface area contributed by atoms with Gasteiger partial charge in [-0.05, 0) is 34.4 Å². The van der Waals surface area contributed by atoms with Crippen LogP contribution >= 0.6 is 0 Å². The van der Waals surface area contributed by atoms with Crippen molar-refractivity contribution in [3.8, 4) is 22.6 Å². The van der Waals surface area contributed by atoms with E-state index >= 15 is 0 Å². The Morgan fingerprint density at radius 1 is 0.875 bits per heavy atom. The predicted octanol–water partition coefficient (Wildman–Crippen LogP) is 2.89. The molecule has 4 rings (SSSR count). The number of imide groups is 1. The number of esters is 1. The van der Waals surface area contributed by atoms with Crippen molar-refractivity contribution in [1.82, 2.24) is 10.6 Å². The highest BCUT2D eigenvalue weighted by molar-refractivity contribution is 6.08. The Labute approximate surface area is 183 Å². The van der Waals surface area contributed by atoms with Crippen LogP contribution in [-0.4, -0.2) is 34.7 Å². The summed E-state index contributed by atoms with van der Waals surface area (Å²) in [5.74, 6) is -2.39. The highest BCUT2D eigenvalue weighted by Gasteiger charge is 2.30. The molecule has 0 unspecified atom stereocenters. The molecule has 8 heteroatoms. The zero-order valence-electron chi connectivity index (χ0n) is 16.9. The van der Waals surface area contributed by atoms with E-state index < -0.39 is 36.3 Å². The maximum absolute atomic E-state index is 12.7. The number of rotatable bonds is 5. The lowest BCUT2D eigenvalue weighted by Crippen LogP contribution is -2.41. The van der Waals surface area contributed by atoms with Crippen LogP contribution in [0.15, 0.2) is 66.7 Å². The van der Waals surface area contributed by atoms with E-state index in [2.05, 4.69) is 10.6 Å². The molecule has 8 nitrogen and oxygen atoms in total. The SMILES string of the molecule is O=C(NC(=O)c1c(O)cccc1OC(=O)CCO)NC1c2ccccc2-c2ccccc21. The van der Waals surface area contributed by atoms with E-state index in [1.54, 1.807) is 0 Å². The van der Waals surface area contributed by atoms with E-state index in [-0.39, 0.29) is 17.7 Å². The summed E-state index contributed by atoms with van der Waals surface area (Å²) in [7, 11) is 0. The predicted molar refractivity (Wildman–Crippen MR) is 115 cm³/mol. The highest BCUT2D eigenvalue weighted by Crippen LogP contribution is 2.42. The van der Waals surface area contributed by atoms with Crippen molar-refractivity contribution in [1.29, 1.82) is 0 Å². The van der Waals surface area contributed by atoms with Crippen LogP contribution in [0.1, 0.15) is 33.9 Å². The van der Waals surface area contributed by atoms with E-state index in [0.717, 1.165) is 22.3 Å². The minimum atomic E-state index is -0.938. The maximum Gasteiger partial charge on any atom is 0.322 e. The van der Waals surface area contributed by atoms with Gasteiger partial charge in [0.1, 0.15) is 17.1 Å². The molecule has 0 spiro atoms. The molecule has 0 aliphatic heterocycles. The van der Waals surface area contributed by atoms with Gasteiger partial charge in [-0.25, -0.2) is 4.79 Å². The number of nitrogens with one attached hydrogen (secondary N) is 2. The van der Waals surface area contributed by atoms with Crippen molar-refractivity contribution in [2.75, 3.05) is 6.61 Å². The summed E-state index contributed by atoms with van der Waals surface area (Å²) in [6.07, 6.45) is -0.280. The molecule has 0 atom stereocenters. The first-order valence-corrected chi connectivity index (χ1v) is 9.93. The van der Waals surface area contributed by atoms with Gasteiger partial charge in [0.25, 0.3) is 5.91 Å². The minimum Gasteiger partial charge on any atom is -0.507 e. The molecule has 162 valence electrons. The summed E-state index contributed by atoms with van der Waals surface area (Å²) < 4.78 is 5.04. The van der Waals surface area contributed by atoms with E-state index in [0.29, 0.717) is 0 Å². The smallest absolute Gasteiger partial charge is 0.322 e. The van der Waals surface area contributed by atoms with Crippen LogP contribution in [0.3, 0.4) is 0 Å². The fraction of sp³-hybridized carbons (Fsp3) is 0.125. The lowest BCUT2D eigenvalue weighted by Gasteiger charge is -2.17. The summed E-state index contributed by atoms with van der Waals surface area (Å²) in [5, 5.41) is 24.0. The lowest BCUT2D eigenvalue weighted by molar-refractivity contribution is -0.135. The number of carbonyl (C=O) groups is 3. The highest BCUT2D eigenvalue weighted by atomic mass is 16.5. The van der Waals surface area contributed by atoms with Gasteiger partial charge in [-0.15, -0.1) is 0 Å². The van der Waals surface area contributed by atoms with Gasteiger partial charge in [0, 0.05) is 0 Å². The monoisotopic (exact) mass is 432 g/mol. The minimum absolute atomic E-state index is 0.217. The molecule has 1 aliphatic carbocycles. The Morgan fingerprint density at radius 3 is 2.12 bits per heavy atom. The van der Waals surface area contributed by atoms with E-state index in [4.69, 9.17) is 9.84 Å². The summed E-state index contributed by atoms with van der Waals surface area (Å²) >= 11 is 0. The molecule has 3 aromatic rings. The second-order valence-electron chi connectivity index (χ2n) is 7.13. The number of aliphatic hydroxyl groups is 1. The second-order valence-corrected chi connectivity index (χ2v) is 7.13. The number of urea groups is 1. The Hall–Kier alpha value is -4.17. The number of phenols is 1. The molecule has 32 heavy (non-hydrogen) atoms. The first-order valence-electron chi connectivity index (χ1n) is 9.93. The third-order valence-electron chi connectivity index (χ3n) is 5.11. The van der Waals surface area contributed by atoms with E-state index in [1.165, 1.54) is 18.2 Å². The summed E-state index contributed by atoms with van der Waals surface area (Å²) in [6, 6.07) is 18.0. The molecule has 3 aromatic carbocycles. The zero-order chi connectivity index (χ0) is 22.7. The Kier molecular flexibility index (Phi) is 5.87. The number of phenolic OH excluding ortho intramolecular Hbond substituents is 1. The van der Waals surface area contributed by atoms with Gasteiger partial charge in [-0.2, -0.15) is 0 Å². The Bertz CT molecular complexity index is 1160. The average Bonchev–Trinajstić information content (AvgIpc) is 3.08. The number of benzene rings is 3.